The van der Waals surface area contributed by atoms with Crippen molar-refractivity contribution >= 4 is 23.1 Å². The molecule has 1 aliphatic rings. The maximum atomic E-state index is 12.0. The third kappa shape index (κ3) is 6.14. The fourth-order valence-electron chi connectivity index (χ4n) is 3.61. The summed E-state index contributed by atoms with van der Waals surface area (Å²) in [6.07, 6.45) is 4.52. The first kappa shape index (κ1) is 22.6. The van der Waals surface area contributed by atoms with Crippen molar-refractivity contribution in [2.45, 2.75) is 46.1 Å². The Balaban J connectivity index is 2.12. The molecule has 0 N–H and O–H groups in total. The summed E-state index contributed by atoms with van der Waals surface area (Å²) in [6.45, 7) is 4.37. The van der Waals surface area contributed by atoms with Gasteiger partial charge in [0.05, 0.1) is 7.11 Å². The number of benzene rings is 1. The van der Waals surface area contributed by atoms with Crippen molar-refractivity contribution < 1.29 is 19.2 Å². The highest BCUT2D eigenvalue weighted by molar-refractivity contribution is 6.43. The zero-order valence-corrected chi connectivity index (χ0v) is 18.0. The van der Waals surface area contributed by atoms with Gasteiger partial charge in [-0.25, -0.2) is 4.79 Å². The molecule has 0 atom stereocenters. The highest BCUT2D eigenvalue weighted by Crippen LogP contribution is 2.29. The number of oxime groups is 2. The van der Waals surface area contributed by atoms with Crippen molar-refractivity contribution in [3.05, 3.63) is 35.4 Å². The van der Waals surface area contributed by atoms with Crippen molar-refractivity contribution in [2.24, 2.45) is 27.1 Å². The van der Waals surface area contributed by atoms with E-state index in [1.807, 2.05) is 31.2 Å². The number of methoxy groups -OCH3 is 1. The van der Waals surface area contributed by atoms with Crippen molar-refractivity contribution in [1.29, 1.82) is 0 Å². The molecule has 0 bridgehead atoms. The lowest BCUT2D eigenvalue weighted by Crippen LogP contribution is -2.26. The van der Waals surface area contributed by atoms with Gasteiger partial charge in [0.1, 0.15) is 25.1 Å². The van der Waals surface area contributed by atoms with Crippen LogP contribution in [-0.4, -0.2) is 44.4 Å². The molecule has 1 aliphatic carbocycles. The molecule has 0 amide bonds. The van der Waals surface area contributed by atoms with Crippen molar-refractivity contribution in [3.63, 3.8) is 0 Å². The second-order valence-electron chi connectivity index (χ2n) is 7.29. The Bertz CT molecular complexity index is 778. The van der Waals surface area contributed by atoms with E-state index in [9.17, 15) is 4.79 Å². The van der Waals surface area contributed by atoms with Gasteiger partial charge in [0.25, 0.3) is 0 Å². The van der Waals surface area contributed by atoms with Gasteiger partial charge in [-0.15, -0.1) is 0 Å². The molecule has 0 radical (unpaired) electrons. The fourth-order valence-corrected chi connectivity index (χ4v) is 3.61. The Labute approximate surface area is 172 Å². The van der Waals surface area contributed by atoms with Crippen molar-refractivity contribution in [2.75, 3.05) is 21.3 Å². The topological polar surface area (TPSA) is 81.8 Å². The molecule has 29 heavy (non-hydrogen) atoms. The highest BCUT2D eigenvalue weighted by Gasteiger charge is 2.25. The van der Waals surface area contributed by atoms with Crippen LogP contribution in [0.3, 0.4) is 0 Å². The molecule has 1 aromatic carbocycles. The van der Waals surface area contributed by atoms with Gasteiger partial charge in [-0.3, -0.25) is 4.99 Å². The van der Waals surface area contributed by atoms with E-state index < -0.39 is 5.97 Å². The van der Waals surface area contributed by atoms with Crippen LogP contribution in [0.5, 0.6) is 0 Å². The number of aliphatic imine (C=N–C) groups is 1. The van der Waals surface area contributed by atoms with Crippen LogP contribution in [0.2, 0.25) is 0 Å². The minimum Gasteiger partial charge on any atom is -0.464 e. The lowest BCUT2D eigenvalue weighted by Gasteiger charge is -2.26. The number of esters is 1. The van der Waals surface area contributed by atoms with Crippen LogP contribution in [0, 0.1) is 11.8 Å². The number of rotatable bonds is 8. The number of hydrogen-bond donors (Lipinski definition) is 0. The van der Waals surface area contributed by atoms with E-state index in [1.54, 1.807) is 14.2 Å². The molecule has 1 fully saturated rings. The molecule has 0 heterocycles. The SMILES string of the molecule is CN=C(C(=O)OC)c1ccccc1CO/N=C(C)/C(=N/OC)C1CCC(C)CC1. The monoisotopic (exact) mass is 401 g/mol. The van der Waals surface area contributed by atoms with E-state index >= 15 is 0 Å². The molecule has 1 saturated carbocycles. The van der Waals surface area contributed by atoms with Gasteiger partial charge in [0.2, 0.25) is 0 Å². The molecule has 158 valence electrons. The zero-order chi connectivity index (χ0) is 21.2. The van der Waals surface area contributed by atoms with Gasteiger partial charge in [-0.2, -0.15) is 0 Å². The number of nitrogens with zero attached hydrogens (tertiary/aromatic N) is 3. The first-order valence-electron chi connectivity index (χ1n) is 9.93. The van der Waals surface area contributed by atoms with Crippen LogP contribution in [0.4, 0.5) is 0 Å². The summed E-state index contributed by atoms with van der Waals surface area (Å²) in [5.74, 6) is 0.605. The molecule has 2 rings (SSSR count). The number of carbonyl (C=O) groups excluding carboxylic acids is 1. The summed E-state index contributed by atoms with van der Waals surface area (Å²) in [5, 5.41) is 8.49. The third-order valence-corrected chi connectivity index (χ3v) is 5.26. The summed E-state index contributed by atoms with van der Waals surface area (Å²) in [4.78, 5) is 26.7. The summed E-state index contributed by atoms with van der Waals surface area (Å²) in [5.41, 5.74) is 3.28. The minimum atomic E-state index is -0.485. The van der Waals surface area contributed by atoms with Crippen molar-refractivity contribution in [3.8, 4) is 0 Å². The van der Waals surface area contributed by atoms with Crippen LogP contribution in [0.25, 0.3) is 0 Å². The Kier molecular flexibility index (Phi) is 8.83. The first-order chi connectivity index (χ1) is 14.0. The van der Waals surface area contributed by atoms with E-state index in [4.69, 9.17) is 14.4 Å². The van der Waals surface area contributed by atoms with Crippen LogP contribution >= 0.6 is 0 Å². The second kappa shape index (κ2) is 11.3. The zero-order valence-electron chi connectivity index (χ0n) is 18.0. The van der Waals surface area contributed by atoms with E-state index in [0.717, 1.165) is 30.0 Å². The van der Waals surface area contributed by atoms with Crippen LogP contribution < -0.4 is 0 Å². The summed E-state index contributed by atoms with van der Waals surface area (Å²) < 4.78 is 4.82. The van der Waals surface area contributed by atoms with Gasteiger partial charge in [0, 0.05) is 24.1 Å². The average Bonchev–Trinajstić information content (AvgIpc) is 2.74. The van der Waals surface area contributed by atoms with E-state index in [1.165, 1.54) is 20.0 Å². The van der Waals surface area contributed by atoms with Crippen LogP contribution in [0.15, 0.2) is 39.6 Å². The van der Waals surface area contributed by atoms with Crippen LogP contribution in [0.1, 0.15) is 50.7 Å². The minimum absolute atomic E-state index is 0.200. The second-order valence-corrected chi connectivity index (χ2v) is 7.29. The Hall–Kier alpha value is -2.70. The molecule has 1 aromatic rings. The molecule has 0 saturated heterocycles. The Morgan fingerprint density at radius 3 is 2.41 bits per heavy atom. The molecule has 0 aromatic heterocycles. The molecule has 0 aliphatic heterocycles. The molecule has 0 unspecified atom stereocenters. The fraction of sp³-hybridized carbons (Fsp3) is 0.545. The number of hydrogen-bond acceptors (Lipinski definition) is 7. The predicted molar refractivity (Wildman–Crippen MR) is 114 cm³/mol. The molecule has 7 heteroatoms. The van der Waals surface area contributed by atoms with Gasteiger partial charge in [-0.1, -0.05) is 54.3 Å². The summed E-state index contributed by atoms with van der Waals surface area (Å²) in [7, 11) is 4.45. The quantitative estimate of drug-likeness (QED) is 0.374. The normalized spacial score (nSPS) is 20.9. The van der Waals surface area contributed by atoms with E-state index in [-0.39, 0.29) is 12.3 Å². The lowest BCUT2D eigenvalue weighted by atomic mass is 9.79. The summed E-state index contributed by atoms with van der Waals surface area (Å²) >= 11 is 0. The number of ether oxygens (including phenoxy) is 1. The smallest absolute Gasteiger partial charge is 0.356 e. The molecule has 0 spiro atoms. The van der Waals surface area contributed by atoms with Crippen LogP contribution in [-0.2, 0) is 25.8 Å². The average molecular weight is 402 g/mol. The standard InChI is InChI=1S/C22H31N3O4/c1-15-10-12-17(13-11-15)20(25-28-5)16(2)24-29-14-18-8-6-7-9-19(18)21(23-3)22(26)27-4/h6-9,15,17H,10-14H2,1-5H3/b23-21?,24-16+,25-20-. The third-order valence-electron chi connectivity index (χ3n) is 5.26. The summed E-state index contributed by atoms with van der Waals surface area (Å²) in [6, 6.07) is 7.41. The Morgan fingerprint density at radius 1 is 1.10 bits per heavy atom. The van der Waals surface area contributed by atoms with E-state index in [2.05, 4.69) is 22.2 Å². The Morgan fingerprint density at radius 2 is 1.79 bits per heavy atom. The van der Waals surface area contributed by atoms with Gasteiger partial charge in [0.15, 0.2) is 5.71 Å². The molecular formula is C22H31N3O4. The number of carbonyl (C=O) groups is 1. The van der Waals surface area contributed by atoms with Gasteiger partial charge in [-0.05, 0) is 25.7 Å². The molecular weight excluding hydrogens is 370 g/mol. The maximum Gasteiger partial charge on any atom is 0.356 e. The highest BCUT2D eigenvalue weighted by atomic mass is 16.6. The lowest BCUT2D eigenvalue weighted by molar-refractivity contribution is -0.132. The van der Waals surface area contributed by atoms with E-state index in [0.29, 0.717) is 17.2 Å². The largest absolute Gasteiger partial charge is 0.464 e. The first-order valence-corrected chi connectivity index (χ1v) is 9.93. The van der Waals surface area contributed by atoms with Crippen molar-refractivity contribution in [1.82, 2.24) is 0 Å². The van der Waals surface area contributed by atoms with Gasteiger partial charge >= 0.3 is 5.97 Å². The maximum absolute atomic E-state index is 12.0. The molecule has 7 nitrogen and oxygen atoms in total. The predicted octanol–water partition coefficient (Wildman–Crippen LogP) is 4.00. The van der Waals surface area contributed by atoms with Gasteiger partial charge < -0.3 is 14.4 Å².